The van der Waals surface area contributed by atoms with E-state index in [1.54, 1.807) is 12.1 Å². The van der Waals surface area contributed by atoms with Gasteiger partial charge in [0.15, 0.2) is 0 Å². The Kier molecular flexibility index (Phi) is 4.23. The van der Waals surface area contributed by atoms with Crippen molar-refractivity contribution in [3.8, 4) is 0 Å². The van der Waals surface area contributed by atoms with Crippen molar-refractivity contribution in [1.29, 1.82) is 0 Å². The highest BCUT2D eigenvalue weighted by molar-refractivity contribution is 6.30. The maximum atomic E-state index is 13.7. The van der Waals surface area contributed by atoms with Gasteiger partial charge in [-0.15, -0.1) is 0 Å². The number of halogens is 2. The largest absolute Gasteiger partial charge is 0.324 e. The second-order valence-corrected chi connectivity index (χ2v) is 5.27. The molecule has 0 aliphatic carbocycles. The molecule has 1 nitrogen and oxygen atoms in total. The Hall–Kier alpha value is -1.38. The van der Waals surface area contributed by atoms with Crippen LogP contribution in [0.15, 0.2) is 36.4 Å². The molecule has 100 valence electrons. The molecule has 1 atom stereocenters. The minimum Gasteiger partial charge on any atom is -0.324 e. The molecule has 0 fully saturated rings. The maximum Gasteiger partial charge on any atom is 0.126 e. The summed E-state index contributed by atoms with van der Waals surface area (Å²) in [5, 5.41) is 0.532. The minimum absolute atomic E-state index is 0.229. The van der Waals surface area contributed by atoms with E-state index in [1.165, 1.54) is 11.6 Å². The van der Waals surface area contributed by atoms with Gasteiger partial charge in [0.2, 0.25) is 0 Å². The van der Waals surface area contributed by atoms with E-state index in [9.17, 15) is 4.39 Å². The maximum absolute atomic E-state index is 13.7. The molecule has 2 aromatic rings. The molecule has 0 bridgehead atoms. The van der Waals surface area contributed by atoms with Gasteiger partial charge in [0.25, 0.3) is 0 Å². The SMILES string of the molecule is Cc1cccc(C(N)Cc2cc(Cl)ccc2F)c1C. The van der Waals surface area contributed by atoms with Crippen molar-refractivity contribution < 1.29 is 4.39 Å². The van der Waals surface area contributed by atoms with Gasteiger partial charge in [0.1, 0.15) is 5.82 Å². The highest BCUT2D eigenvalue weighted by atomic mass is 35.5. The van der Waals surface area contributed by atoms with E-state index in [4.69, 9.17) is 17.3 Å². The zero-order valence-electron chi connectivity index (χ0n) is 11.1. The first kappa shape index (κ1) is 14.0. The predicted molar refractivity (Wildman–Crippen MR) is 78.0 cm³/mol. The molecule has 0 spiro atoms. The standard InChI is InChI=1S/C16H17ClFN/c1-10-4-3-5-14(11(10)2)16(19)9-12-8-13(17)6-7-15(12)18/h3-8,16H,9,19H2,1-2H3. The molecule has 0 aliphatic rings. The molecule has 19 heavy (non-hydrogen) atoms. The minimum atomic E-state index is -0.259. The molecular formula is C16H17ClFN. The zero-order chi connectivity index (χ0) is 14.0. The first-order valence-electron chi connectivity index (χ1n) is 6.24. The van der Waals surface area contributed by atoms with E-state index >= 15 is 0 Å². The molecule has 0 radical (unpaired) electrons. The van der Waals surface area contributed by atoms with E-state index in [0.29, 0.717) is 17.0 Å². The Morgan fingerprint density at radius 2 is 1.95 bits per heavy atom. The quantitative estimate of drug-likeness (QED) is 0.887. The van der Waals surface area contributed by atoms with Crippen molar-refractivity contribution in [3.05, 3.63) is 69.5 Å². The highest BCUT2D eigenvalue weighted by Crippen LogP contribution is 2.24. The molecule has 0 heterocycles. The Morgan fingerprint density at radius 1 is 1.21 bits per heavy atom. The summed E-state index contributed by atoms with van der Waals surface area (Å²) in [5.74, 6) is -0.259. The van der Waals surface area contributed by atoms with Crippen molar-refractivity contribution >= 4 is 11.6 Å². The van der Waals surface area contributed by atoms with Crippen LogP contribution >= 0.6 is 11.6 Å². The normalized spacial score (nSPS) is 12.5. The number of benzene rings is 2. The van der Waals surface area contributed by atoms with Gasteiger partial charge >= 0.3 is 0 Å². The Balaban J connectivity index is 2.28. The summed E-state index contributed by atoms with van der Waals surface area (Å²) in [6.45, 7) is 4.09. The summed E-state index contributed by atoms with van der Waals surface area (Å²) < 4.78 is 13.7. The van der Waals surface area contributed by atoms with Crippen molar-refractivity contribution in [1.82, 2.24) is 0 Å². The molecule has 3 heteroatoms. The second kappa shape index (κ2) is 5.72. The third-order valence-electron chi connectivity index (χ3n) is 3.49. The van der Waals surface area contributed by atoms with E-state index in [1.807, 2.05) is 32.0 Å². The summed E-state index contributed by atoms with van der Waals surface area (Å²) in [6.07, 6.45) is 0.441. The topological polar surface area (TPSA) is 26.0 Å². The van der Waals surface area contributed by atoms with Crippen LogP contribution in [0, 0.1) is 19.7 Å². The predicted octanol–water partition coefficient (Wildman–Crippen LogP) is 4.34. The van der Waals surface area contributed by atoms with Gasteiger partial charge in [-0.25, -0.2) is 4.39 Å². The van der Waals surface area contributed by atoms with Crippen LogP contribution in [0.4, 0.5) is 4.39 Å². The summed E-state index contributed by atoms with van der Waals surface area (Å²) in [6, 6.07) is 10.4. The lowest BCUT2D eigenvalue weighted by Crippen LogP contribution is -2.15. The molecular weight excluding hydrogens is 261 g/mol. The number of rotatable bonds is 3. The fourth-order valence-electron chi connectivity index (χ4n) is 2.22. The van der Waals surface area contributed by atoms with Crippen molar-refractivity contribution in [3.63, 3.8) is 0 Å². The Labute approximate surface area is 118 Å². The lowest BCUT2D eigenvalue weighted by Gasteiger charge is -2.17. The molecule has 0 aliphatic heterocycles. The van der Waals surface area contributed by atoms with Crippen LogP contribution in [-0.2, 0) is 6.42 Å². The van der Waals surface area contributed by atoms with Gasteiger partial charge in [0.05, 0.1) is 0 Å². The first-order chi connectivity index (χ1) is 8.99. The van der Waals surface area contributed by atoms with Gasteiger partial charge in [-0.1, -0.05) is 29.8 Å². The average Bonchev–Trinajstić information content (AvgIpc) is 2.37. The molecule has 2 rings (SSSR count). The third-order valence-corrected chi connectivity index (χ3v) is 3.73. The van der Waals surface area contributed by atoms with E-state index in [0.717, 1.165) is 11.1 Å². The number of nitrogens with two attached hydrogens (primary N) is 1. The number of hydrogen-bond donors (Lipinski definition) is 1. The lowest BCUT2D eigenvalue weighted by molar-refractivity contribution is 0.592. The molecule has 0 saturated carbocycles. The van der Waals surface area contributed by atoms with Crippen molar-refractivity contribution in [2.45, 2.75) is 26.3 Å². The second-order valence-electron chi connectivity index (χ2n) is 4.84. The molecule has 2 aromatic carbocycles. The van der Waals surface area contributed by atoms with Crippen molar-refractivity contribution in [2.24, 2.45) is 5.73 Å². The third kappa shape index (κ3) is 3.14. The van der Waals surface area contributed by atoms with Gasteiger partial charge in [0, 0.05) is 11.1 Å². The van der Waals surface area contributed by atoms with Gasteiger partial charge in [-0.2, -0.15) is 0 Å². The van der Waals surface area contributed by atoms with Crippen LogP contribution < -0.4 is 5.73 Å². The van der Waals surface area contributed by atoms with Crippen LogP contribution in [0.25, 0.3) is 0 Å². The summed E-state index contributed by atoms with van der Waals surface area (Å²) in [4.78, 5) is 0. The van der Waals surface area contributed by atoms with Crippen LogP contribution in [0.2, 0.25) is 5.02 Å². The fraction of sp³-hybridized carbons (Fsp3) is 0.250. The highest BCUT2D eigenvalue weighted by Gasteiger charge is 2.13. The van der Waals surface area contributed by atoms with Gasteiger partial charge in [-0.05, 0) is 60.7 Å². The number of hydrogen-bond acceptors (Lipinski definition) is 1. The van der Waals surface area contributed by atoms with Gasteiger partial charge < -0.3 is 5.73 Å². The average molecular weight is 278 g/mol. The Morgan fingerprint density at radius 3 is 2.68 bits per heavy atom. The Bertz CT molecular complexity index is 595. The van der Waals surface area contributed by atoms with E-state index in [-0.39, 0.29) is 11.9 Å². The monoisotopic (exact) mass is 277 g/mol. The summed E-state index contributed by atoms with van der Waals surface area (Å²) in [7, 11) is 0. The van der Waals surface area contributed by atoms with Crippen LogP contribution in [0.1, 0.15) is 28.3 Å². The smallest absolute Gasteiger partial charge is 0.126 e. The molecule has 0 aromatic heterocycles. The number of aryl methyl sites for hydroxylation is 1. The van der Waals surface area contributed by atoms with Gasteiger partial charge in [-0.3, -0.25) is 0 Å². The van der Waals surface area contributed by atoms with Crippen LogP contribution in [0.3, 0.4) is 0 Å². The lowest BCUT2D eigenvalue weighted by atomic mass is 9.93. The summed E-state index contributed by atoms with van der Waals surface area (Å²) in [5.41, 5.74) is 10.2. The van der Waals surface area contributed by atoms with E-state index in [2.05, 4.69) is 0 Å². The molecule has 0 amide bonds. The van der Waals surface area contributed by atoms with E-state index < -0.39 is 0 Å². The first-order valence-corrected chi connectivity index (χ1v) is 6.62. The molecule has 2 N–H and O–H groups in total. The fourth-order valence-corrected chi connectivity index (χ4v) is 2.42. The molecule has 1 unspecified atom stereocenters. The summed E-state index contributed by atoms with van der Waals surface area (Å²) >= 11 is 5.90. The van der Waals surface area contributed by atoms with Crippen LogP contribution in [0.5, 0.6) is 0 Å². The zero-order valence-corrected chi connectivity index (χ0v) is 11.8. The van der Waals surface area contributed by atoms with Crippen molar-refractivity contribution in [2.75, 3.05) is 0 Å². The van der Waals surface area contributed by atoms with Crippen LogP contribution in [-0.4, -0.2) is 0 Å². The molecule has 0 saturated heterocycles.